The van der Waals surface area contributed by atoms with Crippen molar-refractivity contribution in [3.8, 4) is 0 Å². The van der Waals surface area contributed by atoms with Gasteiger partial charge in [0, 0.05) is 5.88 Å². The molecule has 1 heteroatoms. The van der Waals surface area contributed by atoms with Crippen LogP contribution in [-0.4, -0.2) is 0 Å². The summed E-state index contributed by atoms with van der Waals surface area (Å²) in [5.41, 5.74) is 3.78. The molecular formula is C13H17Cl. The molecular weight excluding hydrogens is 192 g/mol. The zero-order chi connectivity index (χ0) is 10.8. The molecule has 0 fully saturated rings. The van der Waals surface area contributed by atoms with E-state index in [0.29, 0.717) is 5.88 Å². The normalized spacial score (nSPS) is 11.4. The minimum atomic E-state index is 0.166. The second-order valence-electron chi connectivity index (χ2n) is 4.55. The van der Waals surface area contributed by atoms with Crippen LogP contribution in [-0.2, 0) is 11.3 Å². The van der Waals surface area contributed by atoms with Gasteiger partial charge in [0.1, 0.15) is 0 Å². The van der Waals surface area contributed by atoms with Gasteiger partial charge < -0.3 is 0 Å². The first-order valence-corrected chi connectivity index (χ1v) is 5.33. The average Bonchev–Trinajstić information content (AvgIpc) is 2.15. The smallest absolute Gasteiger partial charge is 0.0474 e. The summed E-state index contributed by atoms with van der Waals surface area (Å²) in [7, 11) is 0. The molecule has 0 saturated heterocycles. The first-order chi connectivity index (χ1) is 6.47. The fourth-order valence-corrected chi connectivity index (χ4v) is 1.50. The maximum atomic E-state index is 5.84. The van der Waals surface area contributed by atoms with E-state index in [4.69, 9.17) is 11.6 Å². The quantitative estimate of drug-likeness (QED) is 0.634. The van der Waals surface area contributed by atoms with Crippen molar-refractivity contribution in [1.82, 2.24) is 0 Å². The van der Waals surface area contributed by atoms with Crippen molar-refractivity contribution in [2.75, 3.05) is 0 Å². The Bertz CT molecular complexity index is 332. The van der Waals surface area contributed by atoms with Gasteiger partial charge in [-0.3, -0.25) is 0 Å². The van der Waals surface area contributed by atoms with Crippen LogP contribution in [0.1, 0.15) is 37.5 Å². The van der Waals surface area contributed by atoms with Gasteiger partial charge in [0.2, 0.25) is 0 Å². The molecule has 0 amide bonds. The minimum Gasteiger partial charge on any atom is -0.122 e. The van der Waals surface area contributed by atoms with Crippen LogP contribution in [0.5, 0.6) is 0 Å². The largest absolute Gasteiger partial charge is 0.122 e. The lowest BCUT2D eigenvalue weighted by atomic mass is 9.85. The molecule has 14 heavy (non-hydrogen) atoms. The van der Waals surface area contributed by atoms with Crippen molar-refractivity contribution < 1.29 is 0 Å². The Morgan fingerprint density at radius 2 is 1.93 bits per heavy atom. The summed E-state index contributed by atoms with van der Waals surface area (Å²) < 4.78 is 0. The van der Waals surface area contributed by atoms with Gasteiger partial charge in [-0.05, 0) is 22.1 Å². The van der Waals surface area contributed by atoms with Crippen LogP contribution >= 0.6 is 11.6 Å². The predicted molar refractivity (Wildman–Crippen MR) is 64.8 cm³/mol. The molecule has 76 valence electrons. The van der Waals surface area contributed by atoms with Gasteiger partial charge in [0.15, 0.2) is 0 Å². The fraction of sp³-hybridized carbons (Fsp3) is 0.385. The lowest BCUT2D eigenvalue weighted by molar-refractivity contribution is 0.589. The van der Waals surface area contributed by atoms with E-state index in [-0.39, 0.29) is 5.41 Å². The monoisotopic (exact) mass is 208 g/mol. The van der Waals surface area contributed by atoms with Gasteiger partial charge in [0.25, 0.3) is 0 Å². The molecule has 1 aromatic rings. The van der Waals surface area contributed by atoms with E-state index in [1.54, 1.807) is 0 Å². The molecule has 0 bridgehead atoms. The van der Waals surface area contributed by atoms with Crippen LogP contribution in [0.25, 0.3) is 6.08 Å². The minimum absolute atomic E-state index is 0.166. The van der Waals surface area contributed by atoms with E-state index in [1.807, 2.05) is 6.08 Å². The van der Waals surface area contributed by atoms with Crippen LogP contribution in [0, 0.1) is 0 Å². The maximum absolute atomic E-state index is 5.84. The number of benzene rings is 1. The summed E-state index contributed by atoms with van der Waals surface area (Å²) in [4.78, 5) is 0. The van der Waals surface area contributed by atoms with Crippen LogP contribution in [0.2, 0.25) is 0 Å². The van der Waals surface area contributed by atoms with Crippen LogP contribution in [0.15, 0.2) is 24.8 Å². The van der Waals surface area contributed by atoms with Crippen molar-refractivity contribution in [3.05, 3.63) is 41.5 Å². The Kier molecular flexibility index (Phi) is 3.38. The third-order valence-electron chi connectivity index (χ3n) is 2.27. The zero-order valence-corrected chi connectivity index (χ0v) is 9.86. The molecule has 0 aromatic heterocycles. The van der Waals surface area contributed by atoms with Crippen LogP contribution in [0.4, 0.5) is 0 Å². The maximum Gasteiger partial charge on any atom is 0.0474 e. The molecule has 0 aliphatic heterocycles. The van der Waals surface area contributed by atoms with Crippen molar-refractivity contribution in [2.45, 2.75) is 32.1 Å². The summed E-state index contributed by atoms with van der Waals surface area (Å²) in [5, 5.41) is 0. The molecule has 0 aliphatic rings. The Morgan fingerprint density at radius 3 is 2.36 bits per heavy atom. The topological polar surface area (TPSA) is 0 Å². The summed E-state index contributed by atoms with van der Waals surface area (Å²) in [6, 6.07) is 6.41. The highest BCUT2D eigenvalue weighted by atomic mass is 35.5. The number of halogens is 1. The lowest BCUT2D eigenvalue weighted by Crippen LogP contribution is -2.11. The second kappa shape index (κ2) is 4.18. The molecule has 1 aromatic carbocycles. The first-order valence-electron chi connectivity index (χ1n) is 4.80. The molecule has 0 spiro atoms. The lowest BCUT2D eigenvalue weighted by Gasteiger charge is -2.20. The van der Waals surface area contributed by atoms with Crippen molar-refractivity contribution in [3.63, 3.8) is 0 Å². The molecule has 0 heterocycles. The van der Waals surface area contributed by atoms with Gasteiger partial charge in [-0.15, -0.1) is 11.6 Å². The van der Waals surface area contributed by atoms with Gasteiger partial charge >= 0.3 is 0 Å². The van der Waals surface area contributed by atoms with Crippen molar-refractivity contribution in [1.29, 1.82) is 0 Å². The predicted octanol–water partition coefficient (Wildman–Crippen LogP) is 4.37. The van der Waals surface area contributed by atoms with Gasteiger partial charge in [-0.2, -0.15) is 0 Å². The third kappa shape index (κ3) is 2.62. The highest BCUT2D eigenvalue weighted by Gasteiger charge is 2.14. The Morgan fingerprint density at radius 1 is 1.29 bits per heavy atom. The molecule has 1 rings (SSSR count). The Labute approximate surface area is 91.6 Å². The van der Waals surface area contributed by atoms with E-state index >= 15 is 0 Å². The van der Waals surface area contributed by atoms with Crippen molar-refractivity contribution >= 4 is 17.7 Å². The van der Waals surface area contributed by atoms with E-state index in [2.05, 4.69) is 45.5 Å². The molecule has 0 saturated carbocycles. The molecule has 0 radical (unpaired) electrons. The van der Waals surface area contributed by atoms with E-state index in [1.165, 1.54) is 5.56 Å². The number of hydrogen-bond donors (Lipinski definition) is 0. The third-order valence-corrected chi connectivity index (χ3v) is 2.58. The van der Waals surface area contributed by atoms with Crippen LogP contribution < -0.4 is 0 Å². The standard InChI is InChI=1S/C13H17Cl/c1-5-10-6-11(9-14)8-12(7-10)13(2,3)4/h5-8H,1,9H2,2-4H3. The van der Waals surface area contributed by atoms with E-state index in [0.717, 1.165) is 11.1 Å². The number of hydrogen-bond acceptors (Lipinski definition) is 0. The van der Waals surface area contributed by atoms with Gasteiger partial charge in [0.05, 0.1) is 0 Å². The fourth-order valence-electron chi connectivity index (χ4n) is 1.35. The molecule has 0 aliphatic carbocycles. The molecule has 0 unspecified atom stereocenters. The van der Waals surface area contributed by atoms with Gasteiger partial charge in [-0.1, -0.05) is 51.6 Å². The van der Waals surface area contributed by atoms with E-state index < -0.39 is 0 Å². The number of rotatable bonds is 2. The van der Waals surface area contributed by atoms with Gasteiger partial charge in [-0.25, -0.2) is 0 Å². The SMILES string of the molecule is C=Cc1cc(CCl)cc(C(C)(C)C)c1. The summed E-state index contributed by atoms with van der Waals surface area (Å²) in [5.74, 6) is 0.560. The average molecular weight is 209 g/mol. The summed E-state index contributed by atoms with van der Waals surface area (Å²) in [6.07, 6.45) is 1.87. The van der Waals surface area contributed by atoms with Crippen molar-refractivity contribution in [2.24, 2.45) is 0 Å². The highest BCUT2D eigenvalue weighted by Crippen LogP contribution is 2.25. The molecule has 0 nitrogen and oxygen atoms in total. The zero-order valence-electron chi connectivity index (χ0n) is 9.10. The Hall–Kier alpha value is -0.750. The van der Waals surface area contributed by atoms with Crippen LogP contribution in [0.3, 0.4) is 0 Å². The summed E-state index contributed by atoms with van der Waals surface area (Å²) in [6.45, 7) is 10.4. The highest BCUT2D eigenvalue weighted by molar-refractivity contribution is 6.17. The Balaban J connectivity index is 3.24. The molecule has 0 N–H and O–H groups in total. The number of alkyl halides is 1. The molecule has 0 atom stereocenters. The first kappa shape index (κ1) is 11.3. The van der Waals surface area contributed by atoms with E-state index in [9.17, 15) is 0 Å². The second-order valence-corrected chi connectivity index (χ2v) is 4.82. The summed E-state index contributed by atoms with van der Waals surface area (Å²) >= 11 is 5.84.